The summed E-state index contributed by atoms with van der Waals surface area (Å²) >= 11 is 0. The normalized spacial score (nSPS) is 12.2. The number of aromatic amines is 1. The highest BCUT2D eigenvalue weighted by molar-refractivity contribution is 5.83. The van der Waals surface area contributed by atoms with Crippen LogP contribution in [0.1, 0.15) is 12.6 Å². The van der Waals surface area contributed by atoms with Gasteiger partial charge in [-0.15, -0.1) is 0 Å². The first-order valence-corrected chi connectivity index (χ1v) is 8.57. The Morgan fingerprint density at radius 1 is 1.11 bits per heavy atom. The summed E-state index contributed by atoms with van der Waals surface area (Å²) in [6, 6.07) is -0.852. The van der Waals surface area contributed by atoms with Gasteiger partial charge in [0, 0.05) is 33.8 Å². The molecule has 0 aromatic carbocycles. The minimum Gasteiger partial charge on any atom is -0.467 e. The van der Waals surface area contributed by atoms with Gasteiger partial charge < -0.3 is 33.6 Å². The number of rotatable bonds is 14. The second kappa shape index (κ2) is 13.2. The SMILES string of the molecule is COCCOC(CN(C(C)=O)C(Cc1c[nH]cn1)C(=O)OC)OCCOC. The molecule has 0 radical (unpaired) electrons. The molecule has 1 heterocycles. The van der Waals surface area contributed by atoms with Crippen molar-refractivity contribution in [3.8, 4) is 0 Å². The van der Waals surface area contributed by atoms with E-state index in [1.165, 1.54) is 25.3 Å². The van der Waals surface area contributed by atoms with Crippen molar-refractivity contribution in [3.05, 3.63) is 18.2 Å². The topological polar surface area (TPSA) is 112 Å². The number of hydrogen-bond donors (Lipinski definition) is 1. The Balaban J connectivity index is 2.89. The summed E-state index contributed by atoms with van der Waals surface area (Å²) in [6.07, 6.45) is 2.63. The van der Waals surface area contributed by atoms with Gasteiger partial charge in [-0.3, -0.25) is 4.79 Å². The molecule has 0 fully saturated rings. The van der Waals surface area contributed by atoms with Crippen LogP contribution in [0.4, 0.5) is 0 Å². The van der Waals surface area contributed by atoms with Crippen LogP contribution in [0.2, 0.25) is 0 Å². The average Bonchev–Trinajstić information content (AvgIpc) is 3.16. The molecule has 1 rings (SSSR count). The molecular formula is C17H29N3O7. The maximum Gasteiger partial charge on any atom is 0.328 e. The fraction of sp³-hybridized carbons (Fsp3) is 0.706. The highest BCUT2D eigenvalue weighted by atomic mass is 16.7. The summed E-state index contributed by atoms with van der Waals surface area (Å²) in [5.41, 5.74) is 0.633. The zero-order valence-corrected chi connectivity index (χ0v) is 16.3. The number of nitrogens with one attached hydrogen (secondary N) is 1. The van der Waals surface area contributed by atoms with Crippen molar-refractivity contribution in [1.29, 1.82) is 0 Å². The summed E-state index contributed by atoms with van der Waals surface area (Å²) in [6.45, 7) is 2.73. The molecule has 1 aromatic rings. The molecule has 0 saturated carbocycles. The smallest absolute Gasteiger partial charge is 0.328 e. The number of esters is 1. The van der Waals surface area contributed by atoms with Crippen LogP contribution >= 0.6 is 0 Å². The van der Waals surface area contributed by atoms with Gasteiger partial charge in [-0.1, -0.05) is 0 Å². The van der Waals surface area contributed by atoms with E-state index in [1.807, 2.05) is 0 Å². The molecule has 0 bridgehead atoms. The van der Waals surface area contributed by atoms with Gasteiger partial charge in [0.25, 0.3) is 0 Å². The van der Waals surface area contributed by atoms with E-state index < -0.39 is 18.3 Å². The monoisotopic (exact) mass is 387 g/mol. The van der Waals surface area contributed by atoms with Crippen molar-refractivity contribution in [2.24, 2.45) is 0 Å². The Labute approximate surface area is 159 Å². The van der Waals surface area contributed by atoms with E-state index in [0.717, 1.165) is 0 Å². The van der Waals surface area contributed by atoms with Gasteiger partial charge in [-0.2, -0.15) is 0 Å². The minimum absolute atomic E-state index is 0.0486. The maximum absolute atomic E-state index is 12.3. The fourth-order valence-corrected chi connectivity index (χ4v) is 2.37. The third kappa shape index (κ3) is 8.48. The number of nitrogens with zero attached hydrogens (tertiary/aromatic N) is 2. The van der Waals surface area contributed by atoms with Crippen molar-refractivity contribution in [1.82, 2.24) is 14.9 Å². The Hall–Kier alpha value is -2.01. The van der Waals surface area contributed by atoms with Gasteiger partial charge in [0.15, 0.2) is 6.29 Å². The Kier molecular flexibility index (Phi) is 11.3. The number of amides is 1. The molecule has 0 spiro atoms. The molecule has 1 atom stereocenters. The van der Waals surface area contributed by atoms with Crippen LogP contribution in [-0.2, 0) is 39.7 Å². The highest BCUT2D eigenvalue weighted by Gasteiger charge is 2.32. The molecule has 1 aromatic heterocycles. The molecule has 1 amide bonds. The lowest BCUT2D eigenvalue weighted by Crippen LogP contribution is -2.50. The number of methoxy groups -OCH3 is 3. The van der Waals surface area contributed by atoms with Gasteiger partial charge in [0.2, 0.25) is 5.91 Å². The molecule has 154 valence electrons. The molecule has 27 heavy (non-hydrogen) atoms. The van der Waals surface area contributed by atoms with Gasteiger partial charge in [-0.25, -0.2) is 9.78 Å². The Morgan fingerprint density at radius 2 is 1.74 bits per heavy atom. The first kappa shape index (κ1) is 23.0. The summed E-state index contributed by atoms with van der Waals surface area (Å²) < 4.78 is 26.1. The van der Waals surface area contributed by atoms with Crippen molar-refractivity contribution >= 4 is 11.9 Å². The zero-order chi connectivity index (χ0) is 20.1. The molecule has 0 aliphatic rings. The van der Waals surface area contributed by atoms with E-state index in [1.54, 1.807) is 20.4 Å². The number of carbonyl (C=O) groups excluding carboxylic acids is 2. The van der Waals surface area contributed by atoms with E-state index in [2.05, 4.69) is 9.97 Å². The van der Waals surface area contributed by atoms with Crippen LogP contribution < -0.4 is 0 Å². The lowest BCUT2D eigenvalue weighted by Gasteiger charge is -2.32. The number of hydrogen-bond acceptors (Lipinski definition) is 8. The van der Waals surface area contributed by atoms with E-state index >= 15 is 0 Å². The standard InChI is InChI=1S/C17H29N3O7/c1-13(21)20(11-16(26-7-5-23-2)27-8-6-24-3)15(17(22)25-4)9-14-10-18-12-19-14/h10,12,15-16H,5-9,11H2,1-4H3,(H,18,19). The lowest BCUT2D eigenvalue weighted by molar-refractivity contribution is -0.177. The molecular weight excluding hydrogens is 358 g/mol. The molecule has 0 saturated heterocycles. The fourth-order valence-electron chi connectivity index (χ4n) is 2.37. The predicted octanol–water partition coefficient (Wildman–Crippen LogP) is -0.00560. The Morgan fingerprint density at radius 3 is 2.19 bits per heavy atom. The number of aromatic nitrogens is 2. The number of imidazole rings is 1. The van der Waals surface area contributed by atoms with Crippen LogP contribution in [0.5, 0.6) is 0 Å². The van der Waals surface area contributed by atoms with Crippen LogP contribution in [0, 0.1) is 0 Å². The van der Waals surface area contributed by atoms with Crippen LogP contribution in [-0.4, -0.2) is 93.4 Å². The second-order valence-electron chi connectivity index (χ2n) is 5.63. The predicted molar refractivity (Wildman–Crippen MR) is 94.9 cm³/mol. The van der Waals surface area contributed by atoms with Crippen LogP contribution in [0.15, 0.2) is 12.5 Å². The van der Waals surface area contributed by atoms with Crippen molar-refractivity contribution in [2.45, 2.75) is 25.7 Å². The number of carbonyl (C=O) groups is 2. The molecule has 0 aliphatic heterocycles. The number of ether oxygens (including phenoxy) is 5. The zero-order valence-electron chi connectivity index (χ0n) is 16.3. The largest absolute Gasteiger partial charge is 0.467 e. The van der Waals surface area contributed by atoms with E-state index in [-0.39, 0.29) is 32.1 Å². The van der Waals surface area contributed by atoms with Crippen LogP contribution in [0.25, 0.3) is 0 Å². The first-order valence-electron chi connectivity index (χ1n) is 8.57. The van der Waals surface area contributed by atoms with Gasteiger partial charge >= 0.3 is 5.97 Å². The van der Waals surface area contributed by atoms with Crippen LogP contribution in [0.3, 0.4) is 0 Å². The summed E-state index contributed by atoms with van der Waals surface area (Å²) in [5, 5.41) is 0. The summed E-state index contributed by atoms with van der Waals surface area (Å²) in [7, 11) is 4.40. The highest BCUT2D eigenvalue weighted by Crippen LogP contribution is 2.12. The molecule has 0 aliphatic carbocycles. The van der Waals surface area contributed by atoms with E-state index in [9.17, 15) is 9.59 Å². The van der Waals surface area contributed by atoms with E-state index in [4.69, 9.17) is 23.7 Å². The molecule has 1 unspecified atom stereocenters. The van der Waals surface area contributed by atoms with Crippen molar-refractivity contribution < 1.29 is 33.3 Å². The second-order valence-corrected chi connectivity index (χ2v) is 5.63. The van der Waals surface area contributed by atoms with E-state index in [0.29, 0.717) is 18.9 Å². The first-order chi connectivity index (χ1) is 13.0. The summed E-state index contributed by atoms with van der Waals surface area (Å²) in [5.74, 6) is -0.850. The third-order valence-electron chi connectivity index (χ3n) is 3.74. The summed E-state index contributed by atoms with van der Waals surface area (Å²) in [4.78, 5) is 32.9. The maximum atomic E-state index is 12.3. The lowest BCUT2D eigenvalue weighted by atomic mass is 10.1. The van der Waals surface area contributed by atoms with Crippen molar-refractivity contribution in [3.63, 3.8) is 0 Å². The Bertz CT molecular complexity index is 529. The van der Waals surface area contributed by atoms with Gasteiger partial charge in [-0.05, 0) is 0 Å². The van der Waals surface area contributed by atoms with Gasteiger partial charge in [0.1, 0.15) is 6.04 Å². The minimum atomic E-state index is -0.852. The third-order valence-corrected chi connectivity index (χ3v) is 3.74. The molecule has 10 nitrogen and oxygen atoms in total. The van der Waals surface area contributed by atoms with Crippen molar-refractivity contribution in [2.75, 3.05) is 54.3 Å². The quantitative estimate of drug-likeness (QED) is 0.270. The molecule has 10 heteroatoms. The van der Waals surface area contributed by atoms with Gasteiger partial charge in [0.05, 0.1) is 52.1 Å². The number of H-pyrrole nitrogens is 1. The average molecular weight is 387 g/mol. The molecule has 1 N–H and O–H groups in total.